The lowest BCUT2D eigenvalue weighted by Gasteiger charge is -2.32. The third-order valence-corrected chi connectivity index (χ3v) is 6.08. The zero-order valence-corrected chi connectivity index (χ0v) is 17.0. The van der Waals surface area contributed by atoms with E-state index in [-0.39, 0.29) is 6.10 Å². The zero-order valence-electron chi connectivity index (χ0n) is 17.0. The second-order valence-corrected chi connectivity index (χ2v) is 8.23. The summed E-state index contributed by atoms with van der Waals surface area (Å²) in [6.07, 6.45) is 6.48. The van der Waals surface area contributed by atoms with Gasteiger partial charge in [0, 0.05) is 6.54 Å². The van der Waals surface area contributed by atoms with E-state index < -0.39 is 0 Å². The second kappa shape index (κ2) is 10.1. The van der Waals surface area contributed by atoms with Gasteiger partial charge in [0.2, 0.25) is 0 Å². The van der Waals surface area contributed by atoms with E-state index in [9.17, 15) is 5.11 Å². The molecular weight excluding hydrogens is 330 g/mol. The maximum Gasteiger partial charge on any atom is 0.0790 e. The summed E-state index contributed by atoms with van der Waals surface area (Å²) in [5.41, 5.74) is 5.25. The highest BCUT2D eigenvalue weighted by Gasteiger charge is 2.20. The van der Waals surface area contributed by atoms with Crippen molar-refractivity contribution in [2.75, 3.05) is 13.1 Å². The van der Waals surface area contributed by atoms with Crippen molar-refractivity contribution in [3.8, 4) is 0 Å². The molecule has 0 spiro atoms. The number of aliphatic hydroxyl groups excluding tert-OH is 1. The molecule has 0 amide bonds. The molecule has 0 aliphatic carbocycles. The van der Waals surface area contributed by atoms with Crippen LogP contribution in [0, 0.1) is 12.8 Å². The Kier molecular flexibility index (Phi) is 7.49. The van der Waals surface area contributed by atoms with Gasteiger partial charge in [0.05, 0.1) is 6.10 Å². The lowest BCUT2D eigenvalue weighted by Crippen LogP contribution is -2.33. The van der Waals surface area contributed by atoms with Crippen molar-refractivity contribution in [2.45, 2.75) is 65.0 Å². The van der Waals surface area contributed by atoms with Gasteiger partial charge in [-0.25, -0.2) is 0 Å². The van der Waals surface area contributed by atoms with Gasteiger partial charge in [0.25, 0.3) is 0 Å². The predicted molar refractivity (Wildman–Crippen MR) is 114 cm³/mol. The molecule has 2 aromatic rings. The van der Waals surface area contributed by atoms with E-state index in [0.29, 0.717) is 0 Å². The molecule has 0 bridgehead atoms. The summed E-state index contributed by atoms with van der Waals surface area (Å²) in [6, 6.07) is 17.3. The van der Waals surface area contributed by atoms with Crippen molar-refractivity contribution in [1.82, 2.24) is 4.90 Å². The van der Waals surface area contributed by atoms with Crippen LogP contribution in [-0.4, -0.2) is 23.1 Å². The van der Waals surface area contributed by atoms with Crippen LogP contribution in [0.25, 0.3) is 0 Å². The van der Waals surface area contributed by atoms with Gasteiger partial charge in [-0.3, -0.25) is 4.90 Å². The first-order valence-corrected chi connectivity index (χ1v) is 10.7. The van der Waals surface area contributed by atoms with Crippen molar-refractivity contribution < 1.29 is 5.11 Å². The molecule has 1 aliphatic rings. The van der Waals surface area contributed by atoms with Crippen LogP contribution >= 0.6 is 0 Å². The molecule has 1 aliphatic heterocycles. The van der Waals surface area contributed by atoms with Crippen molar-refractivity contribution in [3.63, 3.8) is 0 Å². The average Bonchev–Trinajstić information content (AvgIpc) is 2.70. The van der Waals surface area contributed by atoms with Crippen molar-refractivity contribution in [1.29, 1.82) is 0 Å². The summed E-state index contributed by atoms with van der Waals surface area (Å²) in [6.45, 7) is 7.82. The highest BCUT2D eigenvalue weighted by Crippen LogP contribution is 2.28. The lowest BCUT2D eigenvalue weighted by atomic mass is 9.89. The number of aryl methyl sites for hydroxylation is 2. The van der Waals surface area contributed by atoms with Gasteiger partial charge in [0.1, 0.15) is 0 Å². The van der Waals surface area contributed by atoms with Gasteiger partial charge in [-0.05, 0) is 80.3 Å². The average molecular weight is 366 g/mol. The fraction of sp³-hybridized carbons (Fsp3) is 0.520. The number of piperidine rings is 1. The Labute approximate surface area is 165 Å². The third-order valence-electron chi connectivity index (χ3n) is 6.08. The number of rotatable bonds is 8. The summed E-state index contributed by atoms with van der Waals surface area (Å²) in [5.74, 6) is 0.757. The molecule has 1 atom stereocenters. The molecule has 2 nitrogen and oxygen atoms in total. The number of benzene rings is 2. The molecule has 0 saturated carbocycles. The van der Waals surface area contributed by atoms with Gasteiger partial charge in [-0.15, -0.1) is 0 Å². The van der Waals surface area contributed by atoms with E-state index in [4.69, 9.17) is 0 Å². The summed E-state index contributed by atoms with van der Waals surface area (Å²) in [5, 5.41) is 10.7. The molecule has 1 heterocycles. The molecule has 1 fully saturated rings. The monoisotopic (exact) mass is 365 g/mol. The molecule has 1 unspecified atom stereocenters. The third kappa shape index (κ3) is 5.92. The minimum absolute atomic E-state index is 0.316. The second-order valence-electron chi connectivity index (χ2n) is 8.23. The molecule has 2 aromatic carbocycles. The lowest BCUT2D eigenvalue weighted by molar-refractivity contribution is 0.132. The van der Waals surface area contributed by atoms with Gasteiger partial charge < -0.3 is 5.11 Å². The highest BCUT2D eigenvalue weighted by molar-refractivity contribution is 5.32. The predicted octanol–water partition coefficient (Wildman–Crippen LogP) is 5.67. The van der Waals surface area contributed by atoms with E-state index in [1.807, 2.05) is 0 Å². The first-order valence-electron chi connectivity index (χ1n) is 10.7. The Morgan fingerprint density at radius 1 is 1.07 bits per heavy atom. The Morgan fingerprint density at radius 2 is 1.81 bits per heavy atom. The Balaban J connectivity index is 1.44. The van der Waals surface area contributed by atoms with Gasteiger partial charge in [-0.2, -0.15) is 0 Å². The van der Waals surface area contributed by atoms with E-state index >= 15 is 0 Å². The van der Waals surface area contributed by atoms with E-state index in [1.165, 1.54) is 42.6 Å². The van der Waals surface area contributed by atoms with Crippen molar-refractivity contribution >= 4 is 0 Å². The molecule has 146 valence electrons. The van der Waals surface area contributed by atoms with Crippen molar-refractivity contribution in [3.05, 3.63) is 70.8 Å². The molecular formula is C25H35NO. The summed E-state index contributed by atoms with van der Waals surface area (Å²) in [7, 11) is 0. The van der Waals surface area contributed by atoms with Gasteiger partial charge >= 0.3 is 0 Å². The van der Waals surface area contributed by atoms with Gasteiger partial charge in [0.15, 0.2) is 0 Å². The smallest absolute Gasteiger partial charge is 0.0790 e. The minimum atomic E-state index is -0.316. The highest BCUT2D eigenvalue weighted by atomic mass is 16.3. The molecule has 0 radical (unpaired) electrons. The summed E-state index contributed by atoms with van der Waals surface area (Å²) >= 11 is 0. The van der Waals surface area contributed by atoms with Crippen LogP contribution in [0.2, 0.25) is 0 Å². The van der Waals surface area contributed by atoms with E-state index in [2.05, 4.69) is 67.3 Å². The molecule has 3 rings (SSSR count). The standard InChI is InChI=1S/C25H35NO/c1-3-7-23-18-24(12-10-20(23)2)25(27)13-11-21-14-16-26(17-15-21)19-22-8-5-4-6-9-22/h4-6,8-10,12,18,21,25,27H,3,7,11,13-17,19H2,1-2H3. The summed E-state index contributed by atoms with van der Waals surface area (Å²) in [4.78, 5) is 2.57. The molecule has 0 aromatic heterocycles. The van der Waals surface area contributed by atoms with Gasteiger partial charge in [-0.1, -0.05) is 61.9 Å². The topological polar surface area (TPSA) is 23.5 Å². The number of hydrogen-bond acceptors (Lipinski definition) is 2. The zero-order chi connectivity index (χ0) is 19.1. The fourth-order valence-electron chi connectivity index (χ4n) is 4.27. The maximum absolute atomic E-state index is 10.7. The SMILES string of the molecule is CCCc1cc(C(O)CCC2CCN(Cc3ccccc3)CC2)ccc1C. The first-order chi connectivity index (χ1) is 13.2. The normalized spacial score (nSPS) is 17.1. The summed E-state index contributed by atoms with van der Waals surface area (Å²) < 4.78 is 0. The Hall–Kier alpha value is -1.64. The Morgan fingerprint density at radius 3 is 2.52 bits per heavy atom. The first kappa shape index (κ1) is 20.1. The minimum Gasteiger partial charge on any atom is -0.388 e. The number of likely N-dealkylation sites (tertiary alicyclic amines) is 1. The van der Waals surface area contributed by atoms with Crippen LogP contribution in [0.15, 0.2) is 48.5 Å². The molecule has 1 saturated heterocycles. The molecule has 27 heavy (non-hydrogen) atoms. The van der Waals surface area contributed by atoms with Crippen LogP contribution in [0.1, 0.15) is 67.4 Å². The van der Waals surface area contributed by atoms with Crippen LogP contribution in [-0.2, 0) is 13.0 Å². The number of aliphatic hydroxyl groups is 1. The quantitative estimate of drug-likeness (QED) is 0.651. The van der Waals surface area contributed by atoms with Crippen LogP contribution in [0.4, 0.5) is 0 Å². The van der Waals surface area contributed by atoms with Crippen LogP contribution in [0.3, 0.4) is 0 Å². The molecule has 1 N–H and O–H groups in total. The number of hydrogen-bond donors (Lipinski definition) is 1. The molecule has 2 heteroatoms. The van der Waals surface area contributed by atoms with E-state index in [0.717, 1.165) is 43.7 Å². The van der Waals surface area contributed by atoms with Crippen LogP contribution in [0.5, 0.6) is 0 Å². The number of nitrogens with zero attached hydrogens (tertiary/aromatic N) is 1. The van der Waals surface area contributed by atoms with Crippen LogP contribution < -0.4 is 0 Å². The van der Waals surface area contributed by atoms with Crippen molar-refractivity contribution in [2.24, 2.45) is 5.92 Å². The Bertz CT molecular complexity index is 689. The largest absolute Gasteiger partial charge is 0.388 e. The van der Waals surface area contributed by atoms with E-state index in [1.54, 1.807) is 0 Å². The fourth-order valence-corrected chi connectivity index (χ4v) is 4.27. The maximum atomic E-state index is 10.7.